The number of hydrogen-bond donors (Lipinski definition) is 0. The average molecular weight is 396 g/mol. The second-order valence-corrected chi connectivity index (χ2v) is 8.15. The van der Waals surface area contributed by atoms with Crippen molar-refractivity contribution in [3.8, 4) is 11.5 Å². The fraction of sp³-hybridized carbons (Fsp3) is 0.480. The number of ether oxygens (including phenoxy) is 2. The van der Waals surface area contributed by atoms with Crippen molar-refractivity contribution in [2.75, 3.05) is 34.4 Å². The summed E-state index contributed by atoms with van der Waals surface area (Å²) in [6.45, 7) is 4.20. The number of rotatable bonds is 9. The van der Waals surface area contributed by atoms with Gasteiger partial charge < -0.3 is 14.4 Å². The number of likely N-dealkylation sites (N-methyl/N-ethyl adjacent to an activating group) is 1. The number of nitrogens with zero attached hydrogens (tertiary/aromatic N) is 1. The molecule has 0 spiro atoms. The van der Waals surface area contributed by atoms with E-state index in [4.69, 9.17) is 9.47 Å². The van der Waals surface area contributed by atoms with E-state index in [9.17, 15) is 4.79 Å². The van der Waals surface area contributed by atoms with Crippen LogP contribution in [0, 0.1) is 12.8 Å². The summed E-state index contributed by atoms with van der Waals surface area (Å²) < 4.78 is 10.8. The van der Waals surface area contributed by atoms with Crippen molar-refractivity contribution in [2.45, 2.75) is 39.0 Å². The van der Waals surface area contributed by atoms with Gasteiger partial charge in [-0.25, -0.2) is 0 Å². The van der Waals surface area contributed by atoms with Crippen molar-refractivity contribution in [3.05, 3.63) is 58.7 Å². The van der Waals surface area contributed by atoms with Crippen molar-refractivity contribution < 1.29 is 14.3 Å². The van der Waals surface area contributed by atoms with Gasteiger partial charge in [0.05, 0.1) is 14.2 Å². The van der Waals surface area contributed by atoms with E-state index in [0.29, 0.717) is 11.5 Å². The molecule has 0 heterocycles. The number of fused-ring (bicyclic) bond motifs is 1. The van der Waals surface area contributed by atoms with E-state index in [0.717, 1.165) is 56.3 Å². The Morgan fingerprint density at radius 2 is 1.83 bits per heavy atom. The largest absolute Gasteiger partial charge is 0.493 e. The van der Waals surface area contributed by atoms with Crippen LogP contribution in [-0.4, -0.2) is 45.0 Å². The summed E-state index contributed by atoms with van der Waals surface area (Å²) in [5.41, 5.74) is 4.60. The van der Waals surface area contributed by atoms with Gasteiger partial charge in [0, 0.05) is 18.0 Å². The maximum atomic E-state index is 13.0. The number of methoxy groups -OCH3 is 2. The summed E-state index contributed by atoms with van der Waals surface area (Å²) in [5, 5.41) is 0. The van der Waals surface area contributed by atoms with Crippen LogP contribution in [0.5, 0.6) is 11.5 Å². The molecule has 0 bridgehead atoms. The maximum Gasteiger partial charge on any atom is 0.166 e. The van der Waals surface area contributed by atoms with E-state index >= 15 is 0 Å². The van der Waals surface area contributed by atoms with Crippen molar-refractivity contribution in [2.24, 2.45) is 5.92 Å². The lowest BCUT2D eigenvalue weighted by Gasteiger charge is -2.25. The Kier molecular flexibility index (Phi) is 7.32. The molecule has 0 saturated heterocycles. The molecule has 0 fully saturated rings. The zero-order chi connectivity index (χ0) is 20.8. The maximum absolute atomic E-state index is 13.0. The minimum absolute atomic E-state index is 0.116. The van der Waals surface area contributed by atoms with Crippen LogP contribution >= 0.6 is 0 Å². The predicted molar refractivity (Wildman–Crippen MR) is 117 cm³/mol. The first-order chi connectivity index (χ1) is 14.0. The topological polar surface area (TPSA) is 38.8 Å². The minimum atomic E-state index is 0.116. The number of carbonyl (C=O) groups excluding carboxylic acids is 1. The third-order valence-electron chi connectivity index (χ3n) is 5.96. The molecule has 0 aliphatic heterocycles. The molecular formula is C25H33NO3. The summed E-state index contributed by atoms with van der Waals surface area (Å²) in [7, 11) is 5.42. The van der Waals surface area contributed by atoms with Crippen LogP contribution < -0.4 is 9.47 Å². The molecule has 1 aliphatic carbocycles. The molecule has 29 heavy (non-hydrogen) atoms. The molecule has 4 nitrogen and oxygen atoms in total. The van der Waals surface area contributed by atoms with E-state index in [1.807, 2.05) is 12.1 Å². The lowest BCUT2D eigenvalue weighted by Crippen LogP contribution is -2.26. The Labute approximate surface area is 174 Å². The van der Waals surface area contributed by atoms with Crippen LogP contribution in [-0.2, 0) is 12.8 Å². The van der Waals surface area contributed by atoms with Crippen LogP contribution in [0.4, 0.5) is 0 Å². The lowest BCUT2D eigenvalue weighted by molar-refractivity contribution is 0.0890. The summed E-state index contributed by atoms with van der Waals surface area (Å²) >= 11 is 0. The quantitative estimate of drug-likeness (QED) is 0.616. The van der Waals surface area contributed by atoms with E-state index in [1.54, 1.807) is 14.2 Å². The minimum Gasteiger partial charge on any atom is -0.493 e. The van der Waals surface area contributed by atoms with Gasteiger partial charge in [0.1, 0.15) is 0 Å². The molecule has 3 rings (SSSR count). The summed E-state index contributed by atoms with van der Waals surface area (Å²) in [6, 6.07) is 12.5. The van der Waals surface area contributed by atoms with E-state index < -0.39 is 0 Å². The predicted octanol–water partition coefficient (Wildman–Crippen LogP) is 4.71. The summed E-state index contributed by atoms with van der Waals surface area (Å²) in [5.74, 6) is 1.71. The van der Waals surface area contributed by atoms with Gasteiger partial charge in [-0.2, -0.15) is 0 Å². The Hall–Kier alpha value is -2.33. The molecular weight excluding hydrogens is 362 g/mol. The number of aryl methyl sites for hydroxylation is 2. The molecule has 1 unspecified atom stereocenters. The molecule has 1 aliphatic rings. The molecule has 1 atom stereocenters. The molecule has 0 saturated carbocycles. The number of Topliss-reactive ketones (excluding diaryl/α,β-unsaturated/α-hetero) is 1. The number of hydrogen-bond acceptors (Lipinski definition) is 4. The van der Waals surface area contributed by atoms with Gasteiger partial charge in [0.2, 0.25) is 0 Å². The van der Waals surface area contributed by atoms with Crippen molar-refractivity contribution in [3.63, 3.8) is 0 Å². The third kappa shape index (κ3) is 5.39. The van der Waals surface area contributed by atoms with Gasteiger partial charge in [0.15, 0.2) is 17.3 Å². The van der Waals surface area contributed by atoms with Crippen molar-refractivity contribution in [1.82, 2.24) is 4.90 Å². The first-order valence-electron chi connectivity index (χ1n) is 10.5. The summed E-state index contributed by atoms with van der Waals surface area (Å²) in [6.07, 6.45) is 4.91. The fourth-order valence-electron chi connectivity index (χ4n) is 4.22. The molecule has 0 radical (unpaired) electrons. The fourth-order valence-corrected chi connectivity index (χ4v) is 4.22. The highest BCUT2D eigenvalue weighted by atomic mass is 16.5. The van der Waals surface area contributed by atoms with E-state index in [-0.39, 0.29) is 11.7 Å². The Morgan fingerprint density at radius 1 is 1.07 bits per heavy atom. The van der Waals surface area contributed by atoms with Crippen LogP contribution in [0.25, 0.3) is 0 Å². The smallest absolute Gasteiger partial charge is 0.166 e. The molecule has 2 aromatic rings. The molecule has 0 N–H and O–H groups in total. The van der Waals surface area contributed by atoms with Crippen LogP contribution in [0.3, 0.4) is 0 Å². The van der Waals surface area contributed by atoms with Crippen LogP contribution in [0.15, 0.2) is 36.4 Å². The highest BCUT2D eigenvalue weighted by Crippen LogP contribution is 2.36. The zero-order valence-electron chi connectivity index (χ0n) is 18.2. The standard InChI is InChI=1S/C25H33NO3/c1-18-7-5-8-19(15-18)12-14-26(2)13-6-9-20-10-11-21-16-23(28-3)24(29-4)17-22(21)25(20)27/h5,7-8,15-17,20H,6,9-14H2,1-4H3. The Bertz CT molecular complexity index is 846. The molecule has 0 aromatic heterocycles. The van der Waals surface area contributed by atoms with Crippen molar-refractivity contribution >= 4 is 5.78 Å². The highest BCUT2D eigenvalue weighted by molar-refractivity contribution is 6.00. The van der Waals surface area contributed by atoms with Gasteiger partial charge in [-0.3, -0.25) is 4.79 Å². The van der Waals surface area contributed by atoms with Crippen LogP contribution in [0.2, 0.25) is 0 Å². The third-order valence-corrected chi connectivity index (χ3v) is 5.96. The van der Waals surface area contributed by atoms with E-state index in [1.165, 1.54) is 11.1 Å². The highest BCUT2D eigenvalue weighted by Gasteiger charge is 2.28. The van der Waals surface area contributed by atoms with Gasteiger partial charge in [0.25, 0.3) is 0 Å². The second-order valence-electron chi connectivity index (χ2n) is 8.15. The number of benzene rings is 2. The first-order valence-corrected chi connectivity index (χ1v) is 10.5. The number of ketones is 1. The van der Waals surface area contributed by atoms with Crippen molar-refractivity contribution in [1.29, 1.82) is 0 Å². The molecule has 4 heteroatoms. The van der Waals surface area contributed by atoms with Gasteiger partial charge in [-0.15, -0.1) is 0 Å². The SMILES string of the molecule is COc1cc2c(cc1OC)C(=O)C(CCCN(C)CCc1cccc(C)c1)CC2. The van der Waals surface area contributed by atoms with Gasteiger partial charge in [-0.05, 0) is 75.9 Å². The van der Waals surface area contributed by atoms with Gasteiger partial charge in [-0.1, -0.05) is 29.8 Å². The molecule has 2 aromatic carbocycles. The van der Waals surface area contributed by atoms with E-state index in [2.05, 4.69) is 43.1 Å². The monoisotopic (exact) mass is 395 g/mol. The normalized spacial score (nSPS) is 16.0. The Morgan fingerprint density at radius 3 is 2.55 bits per heavy atom. The lowest BCUT2D eigenvalue weighted by atomic mass is 9.80. The summed E-state index contributed by atoms with van der Waals surface area (Å²) in [4.78, 5) is 15.4. The number of carbonyl (C=O) groups is 1. The second kappa shape index (κ2) is 9.93. The molecule has 0 amide bonds. The van der Waals surface area contributed by atoms with Crippen LogP contribution in [0.1, 0.15) is 46.3 Å². The average Bonchev–Trinajstić information content (AvgIpc) is 2.73. The first kappa shape index (κ1) is 21.4. The Balaban J connectivity index is 1.49. The molecule has 156 valence electrons. The van der Waals surface area contributed by atoms with Gasteiger partial charge >= 0.3 is 0 Å². The zero-order valence-corrected chi connectivity index (χ0v) is 18.2.